The standard InChI is InChI=1S/C22H29NO5/c1-15(2)18-5-7-19(8-6-18)27-12-11-23-10-9-17(14-21(23)24)13-20(22(25)26)28-16(3)4/h5-10,14-16,20H,11-13H2,1-4H3,(H,25,26). The molecule has 0 amide bonds. The smallest absolute Gasteiger partial charge is 0.333 e. The summed E-state index contributed by atoms with van der Waals surface area (Å²) in [6.45, 7) is 8.62. The Morgan fingerprint density at radius 3 is 2.32 bits per heavy atom. The number of carboxylic acid groups (broad SMARTS) is 1. The Morgan fingerprint density at radius 1 is 1.11 bits per heavy atom. The number of rotatable bonds is 10. The summed E-state index contributed by atoms with van der Waals surface area (Å²) in [4.78, 5) is 23.6. The van der Waals surface area contributed by atoms with Gasteiger partial charge in [0.2, 0.25) is 0 Å². The lowest BCUT2D eigenvalue weighted by molar-refractivity contribution is -0.153. The molecular formula is C22H29NO5. The molecule has 1 aromatic heterocycles. The summed E-state index contributed by atoms with van der Waals surface area (Å²) < 4.78 is 12.7. The number of aromatic nitrogens is 1. The maximum atomic E-state index is 12.3. The second-order valence-electron chi connectivity index (χ2n) is 7.35. The van der Waals surface area contributed by atoms with Gasteiger partial charge < -0.3 is 19.1 Å². The fourth-order valence-electron chi connectivity index (χ4n) is 2.81. The summed E-state index contributed by atoms with van der Waals surface area (Å²) >= 11 is 0. The Kier molecular flexibility index (Phi) is 7.81. The van der Waals surface area contributed by atoms with E-state index in [1.807, 2.05) is 24.3 Å². The molecule has 0 spiro atoms. The van der Waals surface area contributed by atoms with Gasteiger partial charge in [-0.3, -0.25) is 4.79 Å². The van der Waals surface area contributed by atoms with Crippen molar-refractivity contribution in [3.63, 3.8) is 0 Å². The van der Waals surface area contributed by atoms with Gasteiger partial charge in [-0.1, -0.05) is 26.0 Å². The molecule has 2 rings (SSSR count). The van der Waals surface area contributed by atoms with Gasteiger partial charge in [-0.25, -0.2) is 4.79 Å². The highest BCUT2D eigenvalue weighted by Gasteiger charge is 2.20. The molecule has 0 aliphatic carbocycles. The van der Waals surface area contributed by atoms with Crippen molar-refractivity contribution in [1.82, 2.24) is 4.57 Å². The van der Waals surface area contributed by atoms with E-state index in [9.17, 15) is 14.7 Å². The lowest BCUT2D eigenvalue weighted by Crippen LogP contribution is -2.30. The van der Waals surface area contributed by atoms with Crippen molar-refractivity contribution in [2.24, 2.45) is 0 Å². The molecule has 2 aromatic rings. The van der Waals surface area contributed by atoms with Gasteiger partial charge in [-0.15, -0.1) is 0 Å². The molecule has 0 saturated heterocycles. The van der Waals surface area contributed by atoms with Gasteiger partial charge in [-0.2, -0.15) is 0 Å². The number of carboxylic acids is 1. The Bertz CT molecular complexity index is 824. The summed E-state index contributed by atoms with van der Waals surface area (Å²) in [7, 11) is 0. The molecule has 0 aliphatic heterocycles. The van der Waals surface area contributed by atoms with Gasteiger partial charge in [0.15, 0.2) is 6.10 Å². The third kappa shape index (κ3) is 6.53. The number of aliphatic carboxylic acids is 1. The van der Waals surface area contributed by atoms with Crippen molar-refractivity contribution < 1.29 is 19.4 Å². The van der Waals surface area contributed by atoms with E-state index >= 15 is 0 Å². The van der Waals surface area contributed by atoms with Crippen molar-refractivity contribution in [2.45, 2.75) is 58.8 Å². The summed E-state index contributed by atoms with van der Waals surface area (Å²) in [5, 5.41) is 9.25. The van der Waals surface area contributed by atoms with Crippen LogP contribution in [0.15, 0.2) is 47.4 Å². The molecule has 152 valence electrons. The number of nitrogens with zero attached hydrogens (tertiary/aromatic N) is 1. The minimum Gasteiger partial charge on any atom is -0.492 e. The Hall–Kier alpha value is -2.60. The lowest BCUT2D eigenvalue weighted by Gasteiger charge is -2.16. The van der Waals surface area contributed by atoms with Crippen molar-refractivity contribution >= 4 is 5.97 Å². The first-order valence-corrected chi connectivity index (χ1v) is 9.56. The van der Waals surface area contributed by atoms with Gasteiger partial charge in [-0.05, 0) is 49.1 Å². The second-order valence-corrected chi connectivity index (χ2v) is 7.35. The first-order valence-electron chi connectivity index (χ1n) is 9.56. The lowest BCUT2D eigenvalue weighted by atomic mass is 10.0. The Balaban J connectivity index is 1.93. The van der Waals surface area contributed by atoms with E-state index in [1.165, 1.54) is 11.6 Å². The van der Waals surface area contributed by atoms with E-state index < -0.39 is 12.1 Å². The van der Waals surface area contributed by atoms with E-state index in [0.717, 1.165) is 5.75 Å². The molecule has 6 heteroatoms. The molecule has 1 atom stereocenters. The van der Waals surface area contributed by atoms with Crippen LogP contribution in [0.25, 0.3) is 0 Å². The number of pyridine rings is 1. The first-order chi connectivity index (χ1) is 13.3. The topological polar surface area (TPSA) is 77.8 Å². The highest BCUT2D eigenvalue weighted by Crippen LogP contribution is 2.18. The molecule has 0 aliphatic rings. The predicted octanol–water partition coefficient (Wildman–Crippen LogP) is 3.47. The van der Waals surface area contributed by atoms with E-state index in [-0.39, 0.29) is 18.1 Å². The molecule has 6 nitrogen and oxygen atoms in total. The van der Waals surface area contributed by atoms with Crippen molar-refractivity contribution in [2.75, 3.05) is 6.61 Å². The number of ether oxygens (including phenoxy) is 2. The van der Waals surface area contributed by atoms with Crippen LogP contribution in [0, 0.1) is 0 Å². The first kappa shape index (κ1) is 21.7. The normalized spacial score (nSPS) is 12.4. The van der Waals surface area contributed by atoms with Crippen LogP contribution in [0.2, 0.25) is 0 Å². The van der Waals surface area contributed by atoms with Crippen LogP contribution in [0.5, 0.6) is 5.75 Å². The van der Waals surface area contributed by atoms with Gasteiger partial charge in [0.05, 0.1) is 12.6 Å². The van der Waals surface area contributed by atoms with Crippen molar-refractivity contribution in [3.05, 3.63) is 64.1 Å². The largest absolute Gasteiger partial charge is 0.492 e. The van der Waals surface area contributed by atoms with E-state index in [2.05, 4.69) is 13.8 Å². The third-order valence-corrected chi connectivity index (χ3v) is 4.34. The molecule has 1 N–H and O–H groups in total. The molecule has 0 saturated carbocycles. The van der Waals surface area contributed by atoms with Crippen LogP contribution >= 0.6 is 0 Å². The molecule has 1 aromatic carbocycles. The third-order valence-electron chi connectivity index (χ3n) is 4.34. The zero-order valence-electron chi connectivity index (χ0n) is 16.9. The molecule has 0 radical (unpaired) electrons. The fourth-order valence-corrected chi connectivity index (χ4v) is 2.81. The van der Waals surface area contributed by atoms with Gasteiger partial charge in [0.25, 0.3) is 5.56 Å². The van der Waals surface area contributed by atoms with Crippen LogP contribution < -0.4 is 10.3 Å². The molecule has 1 unspecified atom stereocenters. The maximum absolute atomic E-state index is 12.3. The number of benzene rings is 1. The van der Waals surface area contributed by atoms with E-state index in [4.69, 9.17) is 9.47 Å². The summed E-state index contributed by atoms with van der Waals surface area (Å²) in [6, 6.07) is 11.2. The predicted molar refractivity (Wildman–Crippen MR) is 108 cm³/mol. The van der Waals surface area contributed by atoms with Crippen molar-refractivity contribution in [3.8, 4) is 5.75 Å². The Labute approximate surface area is 165 Å². The van der Waals surface area contributed by atoms with Gasteiger partial charge in [0.1, 0.15) is 12.4 Å². The van der Waals surface area contributed by atoms with Crippen LogP contribution in [0.3, 0.4) is 0 Å². The van der Waals surface area contributed by atoms with Crippen LogP contribution in [-0.4, -0.2) is 34.5 Å². The second kappa shape index (κ2) is 10.1. The Morgan fingerprint density at radius 2 is 1.79 bits per heavy atom. The summed E-state index contributed by atoms with van der Waals surface area (Å²) in [5.74, 6) is 0.205. The van der Waals surface area contributed by atoms with Crippen LogP contribution in [-0.2, 0) is 22.5 Å². The minimum absolute atomic E-state index is 0.155. The molecular weight excluding hydrogens is 358 g/mol. The number of hydrogen-bond donors (Lipinski definition) is 1. The number of carbonyl (C=O) groups is 1. The highest BCUT2D eigenvalue weighted by molar-refractivity contribution is 5.72. The average molecular weight is 387 g/mol. The average Bonchev–Trinajstić information content (AvgIpc) is 2.63. The van der Waals surface area contributed by atoms with Crippen LogP contribution in [0.1, 0.15) is 44.7 Å². The van der Waals surface area contributed by atoms with Gasteiger partial charge in [0, 0.05) is 18.7 Å². The fraction of sp³-hybridized carbons (Fsp3) is 0.455. The molecule has 0 bridgehead atoms. The molecule has 0 fully saturated rings. The number of hydrogen-bond acceptors (Lipinski definition) is 4. The SMILES string of the molecule is CC(C)OC(Cc1ccn(CCOc2ccc(C(C)C)cc2)c(=O)c1)C(=O)O. The quantitative estimate of drug-likeness (QED) is 0.675. The summed E-state index contributed by atoms with van der Waals surface area (Å²) in [6.07, 6.45) is 0.653. The van der Waals surface area contributed by atoms with Gasteiger partial charge >= 0.3 is 5.97 Å². The minimum atomic E-state index is -1.03. The highest BCUT2D eigenvalue weighted by atomic mass is 16.5. The molecule has 28 heavy (non-hydrogen) atoms. The van der Waals surface area contributed by atoms with Crippen molar-refractivity contribution in [1.29, 1.82) is 0 Å². The zero-order valence-corrected chi connectivity index (χ0v) is 16.9. The van der Waals surface area contributed by atoms with E-state index in [0.29, 0.717) is 24.6 Å². The maximum Gasteiger partial charge on any atom is 0.333 e. The molecule has 1 heterocycles. The zero-order chi connectivity index (χ0) is 20.7. The monoisotopic (exact) mass is 387 g/mol. The van der Waals surface area contributed by atoms with Crippen LogP contribution in [0.4, 0.5) is 0 Å². The van der Waals surface area contributed by atoms with E-state index in [1.54, 1.807) is 30.7 Å². The summed E-state index contributed by atoms with van der Waals surface area (Å²) in [5.41, 5.74) is 1.70.